The van der Waals surface area contributed by atoms with Gasteiger partial charge in [0.25, 0.3) is 5.91 Å². The van der Waals surface area contributed by atoms with Gasteiger partial charge >= 0.3 is 5.69 Å². The predicted molar refractivity (Wildman–Crippen MR) is 184 cm³/mol. The lowest BCUT2D eigenvalue weighted by molar-refractivity contribution is 0.0827. The van der Waals surface area contributed by atoms with Gasteiger partial charge in [0, 0.05) is 70.8 Å². The Morgan fingerprint density at radius 2 is 1.72 bits per heavy atom. The molecule has 1 saturated heterocycles. The molecule has 10 heteroatoms. The van der Waals surface area contributed by atoms with E-state index in [0.29, 0.717) is 36.3 Å². The molecule has 0 spiro atoms. The molecule has 6 rings (SSSR count). The van der Waals surface area contributed by atoms with Crippen LogP contribution in [0.3, 0.4) is 0 Å². The van der Waals surface area contributed by atoms with Crippen molar-refractivity contribution in [3.05, 3.63) is 105 Å². The highest BCUT2D eigenvalue weighted by Crippen LogP contribution is 2.50. The number of carbonyl (C=O) groups excluding carboxylic acids is 1. The van der Waals surface area contributed by atoms with Crippen LogP contribution in [0.25, 0.3) is 5.70 Å². The van der Waals surface area contributed by atoms with Gasteiger partial charge in [0.2, 0.25) is 0 Å². The van der Waals surface area contributed by atoms with E-state index in [0.717, 1.165) is 64.9 Å². The van der Waals surface area contributed by atoms with Crippen LogP contribution in [0.5, 0.6) is 0 Å². The molecule has 1 amide bonds. The number of H-pyrrole nitrogens is 1. The van der Waals surface area contributed by atoms with Crippen molar-refractivity contribution in [3.63, 3.8) is 0 Å². The molecule has 0 bridgehead atoms. The van der Waals surface area contributed by atoms with E-state index in [1.54, 1.807) is 26.0 Å². The first-order valence-corrected chi connectivity index (χ1v) is 16.4. The normalized spacial score (nSPS) is 23.1. The van der Waals surface area contributed by atoms with Crippen molar-refractivity contribution in [3.8, 4) is 6.07 Å². The summed E-state index contributed by atoms with van der Waals surface area (Å²) in [6.07, 6.45) is 4.10. The molecule has 47 heavy (non-hydrogen) atoms. The summed E-state index contributed by atoms with van der Waals surface area (Å²) in [5, 5.41) is 18.3. The average molecular weight is 635 g/mol. The lowest BCUT2D eigenvalue weighted by Gasteiger charge is -2.37. The van der Waals surface area contributed by atoms with Gasteiger partial charge in [-0.25, -0.2) is 9.48 Å². The number of hydrogen-bond acceptors (Lipinski definition) is 7. The van der Waals surface area contributed by atoms with Crippen LogP contribution in [0.15, 0.2) is 60.0 Å². The van der Waals surface area contributed by atoms with Gasteiger partial charge in [-0.2, -0.15) is 10.4 Å². The number of fused-ring (bicyclic) bond motifs is 3. The first-order valence-electron chi connectivity index (χ1n) is 16.4. The lowest BCUT2D eigenvalue weighted by Crippen LogP contribution is -2.42. The van der Waals surface area contributed by atoms with E-state index in [9.17, 15) is 14.9 Å². The average Bonchev–Trinajstić information content (AvgIpc) is 3.62. The Balaban J connectivity index is 1.46. The fraction of sp³-hybridized carbons (Fsp3) is 0.459. The Hall–Kier alpha value is -4.62. The zero-order valence-electron chi connectivity index (χ0n) is 28.4. The van der Waals surface area contributed by atoms with Crippen LogP contribution < -0.4 is 11.0 Å². The number of hydrogen-bond donors (Lipinski definition) is 2. The molecule has 2 aromatic carbocycles. The molecule has 10 nitrogen and oxygen atoms in total. The summed E-state index contributed by atoms with van der Waals surface area (Å²) >= 11 is 0. The number of amides is 1. The van der Waals surface area contributed by atoms with Gasteiger partial charge in [0.05, 0.1) is 11.5 Å². The molecule has 1 aromatic heterocycles. The minimum absolute atomic E-state index is 0.0475. The highest BCUT2D eigenvalue weighted by atomic mass is 16.2. The standard InChI is InChI=1S/C37H46N8O2/c1-22(39-21-23(2)45-30(20-38)17-29-18-33(29)45)19-37(35-40-36(47)44(8)41-35)31-13-11-25(24(3)42(4)5)15-26(31)9-10-27-16-28(12-14-32(27)37)34(46)43(6)7/h11-16,22,29-30,33,39H,2-3,9-10,17-19,21H2,1,4-8H3,(H,40,41,47)/t22-,29+,30?,33-,37?/m0/s1. The van der Waals surface area contributed by atoms with Gasteiger partial charge in [-0.3, -0.25) is 9.78 Å². The second-order valence-electron chi connectivity index (χ2n) is 14.0. The smallest absolute Gasteiger partial charge is 0.343 e. The number of carbonyl (C=O) groups is 1. The number of rotatable bonds is 10. The van der Waals surface area contributed by atoms with Crippen molar-refractivity contribution < 1.29 is 4.79 Å². The minimum Gasteiger partial charge on any atom is -0.378 e. The third-order valence-corrected chi connectivity index (χ3v) is 10.4. The Bertz CT molecular complexity index is 1770. The summed E-state index contributed by atoms with van der Waals surface area (Å²) in [7, 11) is 9.16. The Morgan fingerprint density at radius 1 is 1.09 bits per heavy atom. The van der Waals surface area contributed by atoms with E-state index in [4.69, 9.17) is 5.10 Å². The van der Waals surface area contributed by atoms with Crippen LogP contribution in [0.4, 0.5) is 0 Å². The number of nitriles is 1. The van der Waals surface area contributed by atoms with Crippen LogP contribution in [0.1, 0.15) is 70.2 Å². The van der Waals surface area contributed by atoms with Crippen LogP contribution >= 0.6 is 0 Å². The number of aromatic nitrogens is 3. The summed E-state index contributed by atoms with van der Waals surface area (Å²) in [6.45, 7) is 11.4. The largest absolute Gasteiger partial charge is 0.378 e. The van der Waals surface area contributed by atoms with Crippen molar-refractivity contribution in [2.45, 2.75) is 62.6 Å². The number of likely N-dealkylation sites (tertiary alicyclic amines) is 1. The second kappa shape index (κ2) is 12.2. The maximum absolute atomic E-state index is 13.1. The molecule has 2 N–H and O–H groups in total. The topological polar surface area (TPSA) is 113 Å². The molecule has 2 heterocycles. The number of nitrogens with zero attached hydrogens (tertiary/aromatic N) is 6. The Morgan fingerprint density at radius 3 is 2.30 bits per heavy atom. The fourth-order valence-electron chi connectivity index (χ4n) is 7.79. The fourth-order valence-corrected chi connectivity index (χ4v) is 7.79. The number of piperidine rings is 1. The zero-order valence-corrected chi connectivity index (χ0v) is 28.4. The van der Waals surface area contributed by atoms with Crippen molar-refractivity contribution in [1.82, 2.24) is 34.8 Å². The second-order valence-corrected chi connectivity index (χ2v) is 14.0. The maximum Gasteiger partial charge on any atom is 0.343 e. The lowest BCUT2D eigenvalue weighted by atomic mass is 9.67. The molecule has 3 aliphatic rings. The molecule has 0 radical (unpaired) electrons. The van der Waals surface area contributed by atoms with Gasteiger partial charge in [0.1, 0.15) is 11.9 Å². The summed E-state index contributed by atoms with van der Waals surface area (Å²) in [5.41, 5.74) is 6.70. The quantitative estimate of drug-likeness (QED) is 0.350. The van der Waals surface area contributed by atoms with Gasteiger partial charge in [-0.15, -0.1) is 0 Å². The monoisotopic (exact) mass is 634 g/mol. The minimum atomic E-state index is -0.836. The van der Waals surface area contributed by atoms with E-state index in [1.807, 2.05) is 31.1 Å². The highest BCUT2D eigenvalue weighted by molar-refractivity contribution is 5.94. The SMILES string of the molecule is C=C(c1ccc2c(c1)CCc1cc(C(=O)N(C)C)ccc1C2(C[C@H](C)NCC(=C)N1C(C#N)C[C@@H]2C[C@@H]21)c1nn(C)c(=O)[nH]1)N(C)C. The molecule has 2 unspecified atom stereocenters. The first-order chi connectivity index (χ1) is 22.3. The molecular formula is C37H46N8O2. The van der Waals surface area contributed by atoms with Crippen molar-refractivity contribution in [2.24, 2.45) is 13.0 Å². The summed E-state index contributed by atoms with van der Waals surface area (Å²) in [5.74, 6) is 1.12. The van der Waals surface area contributed by atoms with Gasteiger partial charge < -0.3 is 20.0 Å². The van der Waals surface area contributed by atoms with Gasteiger partial charge in [-0.05, 0) is 91.0 Å². The van der Waals surface area contributed by atoms with Crippen molar-refractivity contribution in [2.75, 3.05) is 34.7 Å². The molecule has 246 valence electrons. The summed E-state index contributed by atoms with van der Waals surface area (Å²) in [4.78, 5) is 35.1. The molecule has 2 aliphatic carbocycles. The van der Waals surface area contributed by atoms with E-state index >= 15 is 0 Å². The molecule has 3 aromatic rings. The number of aryl methyl sites for hydroxylation is 3. The van der Waals surface area contributed by atoms with Gasteiger partial charge in [0.15, 0.2) is 0 Å². The third-order valence-electron chi connectivity index (χ3n) is 10.4. The number of aromatic amines is 1. The van der Waals surface area contributed by atoms with Crippen molar-refractivity contribution in [1.29, 1.82) is 5.26 Å². The van der Waals surface area contributed by atoms with Crippen LogP contribution in [-0.4, -0.2) is 88.2 Å². The van der Waals surface area contributed by atoms with E-state index in [1.165, 1.54) is 4.68 Å². The Labute approximate surface area is 277 Å². The number of nitrogens with one attached hydrogen (secondary N) is 2. The summed E-state index contributed by atoms with van der Waals surface area (Å²) < 4.78 is 1.36. The third kappa shape index (κ3) is 5.67. The van der Waals surface area contributed by atoms with Crippen LogP contribution in [0.2, 0.25) is 0 Å². The highest BCUT2D eigenvalue weighted by Gasteiger charge is 2.52. The molecular weight excluding hydrogens is 588 g/mol. The van der Waals surface area contributed by atoms with Crippen LogP contribution in [0, 0.1) is 17.2 Å². The Kier molecular flexibility index (Phi) is 8.39. The molecule has 2 fully saturated rings. The molecule has 5 atom stereocenters. The predicted octanol–water partition coefficient (Wildman–Crippen LogP) is 3.64. The molecule has 1 saturated carbocycles. The van der Waals surface area contributed by atoms with Crippen LogP contribution in [-0.2, 0) is 25.3 Å². The van der Waals surface area contributed by atoms with E-state index in [-0.39, 0.29) is 23.7 Å². The zero-order chi connectivity index (χ0) is 33.8. The maximum atomic E-state index is 13.1. The van der Waals surface area contributed by atoms with Crippen molar-refractivity contribution >= 4 is 11.6 Å². The van der Waals surface area contributed by atoms with E-state index in [2.05, 4.69) is 65.6 Å². The van der Waals surface area contributed by atoms with E-state index < -0.39 is 5.41 Å². The summed E-state index contributed by atoms with van der Waals surface area (Å²) in [6, 6.07) is 15.2. The van der Waals surface area contributed by atoms with Gasteiger partial charge in [-0.1, -0.05) is 31.4 Å². The first kappa shape index (κ1) is 32.3. The molecule has 1 aliphatic heterocycles. The number of benzene rings is 2.